The lowest BCUT2D eigenvalue weighted by Gasteiger charge is -2.39. The number of carbonyl (C=O) groups is 1. The Morgan fingerprint density at radius 3 is 2.44 bits per heavy atom. The molecule has 3 heterocycles. The summed E-state index contributed by atoms with van der Waals surface area (Å²) in [6.45, 7) is 11.2. The molecule has 1 amide bonds. The highest BCUT2D eigenvalue weighted by Gasteiger charge is 2.31. The maximum atomic E-state index is 12.6. The van der Waals surface area contributed by atoms with Crippen LogP contribution in [-0.4, -0.2) is 63.2 Å². The molecule has 3 rings (SSSR count). The van der Waals surface area contributed by atoms with Gasteiger partial charge in [-0.3, -0.25) is 14.6 Å². The lowest BCUT2D eigenvalue weighted by atomic mass is 10.1. The third-order valence-corrected chi connectivity index (χ3v) is 5.06. The molecule has 0 bridgehead atoms. The van der Waals surface area contributed by atoms with Crippen LogP contribution in [0, 0.1) is 6.92 Å². The molecule has 0 radical (unpaired) electrons. The molecule has 1 aliphatic rings. The molecule has 0 saturated carbocycles. The zero-order valence-electron chi connectivity index (χ0n) is 16.4. The van der Waals surface area contributed by atoms with Crippen LogP contribution in [0.5, 0.6) is 0 Å². The summed E-state index contributed by atoms with van der Waals surface area (Å²) in [6, 6.07) is 1.61. The first-order valence-electron chi connectivity index (χ1n) is 9.56. The molecule has 0 aliphatic carbocycles. The highest BCUT2D eigenvalue weighted by Crippen LogP contribution is 2.22. The molecule has 2 aromatic heterocycles. The minimum absolute atomic E-state index is 0.0446. The number of hydrogen-bond acceptors (Lipinski definition) is 8. The monoisotopic (exact) mass is 376 g/mol. The summed E-state index contributed by atoms with van der Waals surface area (Å²) in [6.07, 6.45) is 1.50. The summed E-state index contributed by atoms with van der Waals surface area (Å²) in [5, 5.41) is 10.7. The van der Waals surface area contributed by atoms with Crippen LogP contribution >= 0.6 is 0 Å². The maximum absolute atomic E-state index is 12.6. The molecule has 148 valence electrons. The van der Waals surface area contributed by atoms with E-state index in [0.717, 1.165) is 44.8 Å². The molecule has 0 spiro atoms. The van der Waals surface area contributed by atoms with Gasteiger partial charge in [-0.15, -0.1) is 0 Å². The van der Waals surface area contributed by atoms with Crippen molar-refractivity contribution in [3.63, 3.8) is 0 Å². The van der Waals surface area contributed by atoms with Crippen molar-refractivity contribution in [2.24, 2.45) is 0 Å². The van der Waals surface area contributed by atoms with Gasteiger partial charge in [-0.05, 0) is 20.3 Å². The average molecular weight is 376 g/mol. The fraction of sp³-hybridized carbons (Fsp3) is 0.667. The topological polar surface area (TPSA) is 101 Å². The van der Waals surface area contributed by atoms with Gasteiger partial charge in [-0.1, -0.05) is 24.2 Å². The summed E-state index contributed by atoms with van der Waals surface area (Å²) in [5.41, 5.74) is 0. The van der Waals surface area contributed by atoms with Gasteiger partial charge in [0.25, 0.3) is 0 Å². The Labute approximate surface area is 159 Å². The van der Waals surface area contributed by atoms with Gasteiger partial charge < -0.3 is 14.4 Å². The van der Waals surface area contributed by atoms with Crippen LogP contribution in [0.2, 0.25) is 0 Å². The highest BCUT2D eigenvalue weighted by atomic mass is 16.5. The van der Waals surface area contributed by atoms with Crippen LogP contribution in [0.4, 0.5) is 5.82 Å². The quantitative estimate of drug-likeness (QED) is 0.783. The Hall–Kier alpha value is -2.26. The SMILES string of the molecule is CCc1noc(C(C)N2CCN(C(CC)C(=O)Nc3cc(C)on3)CC2)n1. The van der Waals surface area contributed by atoms with Gasteiger partial charge in [-0.2, -0.15) is 4.98 Å². The molecule has 0 aromatic carbocycles. The second-order valence-electron chi connectivity index (χ2n) is 6.89. The molecule has 1 aliphatic heterocycles. The van der Waals surface area contributed by atoms with E-state index in [2.05, 4.69) is 37.3 Å². The van der Waals surface area contributed by atoms with Crippen LogP contribution in [-0.2, 0) is 11.2 Å². The van der Waals surface area contributed by atoms with Gasteiger partial charge in [0.15, 0.2) is 11.6 Å². The summed E-state index contributed by atoms with van der Waals surface area (Å²) in [5.74, 6) is 2.49. The van der Waals surface area contributed by atoms with Gasteiger partial charge in [0.05, 0.1) is 12.1 Å². The van der Waals surface area contributed by atoms with E-state index in [1.165, 1.54) is 0 Å². The van der Waals surface area contributed by atoms with Crippen molar-refractivity contribution in [3.8, 4) is 0 Å². The average Bonchev–Trinajstić information content (AvgIpc) is 3.31. The van der Waals surface area contributed by atoms with Crippen molar-refractivity contribution in [3.05, 3.63) is 23.5 Å². The van der Waals surface area contributed by atoms with Gasteiger partial charge in [0.1, 0.15) is 5.76 Å². The largest absolute Gasteiger partial charge is 0.360 e. The number of aryl methyl sites for hydroxylation is 2. The predicted octanol–water partition coefficient (Wildman–Crippen LogP) is 2.02. The van der Waals surface area contributed by atoms with Crippen molar-refractivity contribution in [2.45, 2.75) is 52.6 Å². The molecular weight excluding hydrogens is 348 g/mol. The van der Waals surface area contributed by atoms with E-state index in [0.29, 0.717) is 17.5 Å². The van der Waals surface area contributed by atoms with Crippen molar-refractivity contribution in [1.82, 2.24) is 25.1 Å². The van der Waals surface area contributed by atoms with E-state index in [-0.39, 0.29) is 18.0 Å². The predicted molar refractivity (Wildman–Crippen MR) is 99.2 cm³/mol. The maximum Gasteiger partial charge on any atom is 0.243 e. The minimum Gasteiger partial charge on any atom is -0.360 e. The molecule has 9 nitrogen and oxygen atoms in total. The van der Waals surface area contributed by atoms with Crippen molar-refractivity contribution in [2.75, 3.05) is 31.5 Å². The molecule has 1 N–H and O–H groups in total. The molecule has 1 fully saturated rings. The number of aromatic nitrogens is 3. The number of rotatable bonds is 7. The first-order chi connectivity index (χ1) is 13.0. The summed E-state index contributed by atoms with van der Waals surface area (Å²) < 4.78 is 10.4. The van der Waals surface area contributed by atoms with Crippen molar-refractivity contribution >= 4 is 11.7 Å². The van der Waals surface area contributed by atoms with E-state index in [1.807, 2.05) is 13.8 Å². The number of anilines is 1. The fourth-order valence-electron chi connectivity index (χ4n) is 3.42. The van der Waals surface area contributed by atoms with Gasteiger partial charge in [-0.25, -0.2) is 0 Å². The Bertz CT molecular complexity index is 750. The van der Waals surface area contributed by atoms with Gasteiger partial charge in [0, 0.05) is 38.7 Å². The van der Waals surface area contributed by atoms with Crippen LogP contribution in [0.25, 0.3) is 0 Å². The molecule has 2 atom stereocenters. The standard InChI is InChI=1S/C18H28N6O3/c1-5-14(17(25)19-16-11-12(3)26-22-16)24-9-7-23(8-10-24)13(4)18-20-15(6-2)21-27-18/h11,13-14H,5-10H2,1-4H3,(H,19,22,25). The Morgan fingerprint density at radius 1 is 1.19 bits per heavy atom. The number of nitrogens with one attached hydrogen (secondary N) is 1. The van der Waals surface area contributed by atoms with Crippen LogP contribution < -0.4 is 5.32 Å². The lowest BCUT2D eigenvalue weighted by molar-refractivity contribution is -0.122. The van der Waals surface area contributed by atoms with E-state index >= 15 is 0 Å². The molecule has 2 unspecified atom stereocenters. The van der Waals surface area contributed by atoms with Crippen LogP contribution in [0.15, 0.2) is 15.1 Å². The summed E-state index contributed by atoms with van der Waals surface area (Å²) in [4.78, 5) is 21.6. The van der Waals surface area contributed by atoms with Crippen molar-refractivity contribution in [1.29, 1.82) is 0 Å². The van der Waals surface area contributed by atoms with Crippen molar-refractivity contribution < 1.29 is 13.8 Å². The van der Waals surface area contributed by atoms with E-state index in [1.54, 1.807) is 13.0 Å². The molecular formula is C18H28N6O3. The zero-order valence-corrected chi connectivity index (χ0v) is 16.4. The second kappa shape index (κ2) is 8.62. The number of nitrogens with zero attached hydrogens (tertiary/aromatic N) is 5. The zero-order chi connectivity index (χ0) is 19.4. The first kappa shape index (κ1) is 19.5. The van der Waals surface area contributed by atoms with E-state index < -0.39 is 0 Å². The Morgan fingerprint density at radius 2 is 1.89 bits per heavy atom. The first-order valence-corrected chi connectivity index (χ1v) is 9.56. The fourth-order valence-corrected chi connectivity index (χ4v) is 3.42. The van der Waals surface area contributed by atoms with E-state index in [4.69, 9.17) is 9.05 Å². The molecule has 2 aromatic rings. The second-order valence-corrected chi connectivity index (χ2v) is 6.89. The summed E-state index contributed by atoms with van der Waals surface area (Å²) in [7, 11) is 0. The highest BCUT2D eigenvalue weighted by molar-refractivity contribution is 5.94. The van der Waals surface area contributed by atoms with Crippen LogP contribution in [0.3, 0.4) is 0 Å². The third kappa shape index (κ3) is 4.54. The van der Waals surface area contributed by atoms with E-state index in [9.17, 15) is 4.79 Å². The molecule has 9 heteroatoms. The number of carbonyl (C=O) groups excluding carboxylic acids is 1. The Balaban J connectivity index is 1.55. The minimum atomic E-state index is -0.186. The van der Waals surface area contributed by atoms with Crippen LogP contribution in [0.1, 0.15) is 50.7 Å². The number of amides is 1. The van der Waals surface area contributed by atoms with Gasteiger partial charge in [0.2, 0.25) is 11.8 Å². The lowest BCUT2D eigenvalue weighted by Crippen LogP contribution is -2.54. The number of hydrogen-bond donors (Lipinski definition) is 1. The normalized spacial score (nSPS) is 18.4. The molecule has 1 saturated heterocycles. The molecule has 27 heavy (non-hydrogen) atoms. The Kier molecular flexibility index (Phi) is 6.22. The van der Waals surface area contributed by atoms with Gasteiger partial charge >= 0.3 is 0 Å². The third-order valence-electron chi connectivity index (χ3n) is 5.06. The summed E-state index contributed by atoms with van der Waals surface area (Å²) >= 11 is 0. The smallest absolute Gasteiger partial charge is 0.243 e. The number of piperazine rings is 1.